The number of amides is 2. The SMILES string of the molecule is COC(=O)N(C)[C@@H](Cc1ccccc1)C(=O)N[C@@H](Cc1ccc(CS(=O)(=O)[O-])cc1)c1csc(-c2cccs2)n1.[Na+]. The summed E-state index contributed by atoms with van der Waals surface area (Å²) >= 11 is 3.04. The monoisotopic (exact) mass is 621 g/mol. The van der Waals surface area contributed by atoms with Crippen molar-refractivity contribution < 1.29 is 56.9 Å². The van der Waals surface area contributed by atoms with Crippen LogP contribution in [0.3, 0.4) is 0 Å². The molecule has 1 N–H and O–H groups in total. The quantitative estimate of drug-likeness (QED) is 0.199. The number of carbonyl (C=O) groups is 2. The van der Waals surface area contributed by atoms with Gasteiger partial charge >= 0.3 is 35.7 Å². The third-order valence-corrected chi connectivity index (χ3v) is 8.82. The molecule has 210 valence electrons. The Morgan fingerprint density at radius 3 is 2.24 bits per heavy atom. The predicted octanol–water partition coefficient (Wildman–Crippen LogP) is 1.63. The van der Waals surface area contributed by atoms with Crippen molar-refractivity contribution in [3.63, 3.8) is 0 Å². The number of methoxy groups -OCH3 is 1. The molecule has 2 aromatic heterocycles. The summed E-state index contributed by atoms with van der Waals surface area (Å²) in [4.78, 5) is 33.2. The van der Waals surface area contributed by atoms with Crippen LogP contribution in [0.25, 0.3) is 9.88 Å². The molecule has 0 spiro atoms. The van der Waals surface area contributed by atoms with Gasteiger partial charge in [0.15, 0.2) is 0 Å². The number of nitrogens with one attached hydrogen (secondary N) is 1. The molecule has 2 aromatic carbocycles. The number of hydrogen-bond acceptors (Lipinski definition) is 9. The molecule has 0 unspecified atom stereocenters. The molecule has 4 rings (SSSR count). The third kappa shape index (κ3) is 9.47. The largest absolute Gasteiger partial charge is 1.00 e. The Balaban J connectivity index is 0.00000462. The van der Waals surface area contributed by atoms with Crippen molar-refractivity contribution >= 4 is 44.8 Å². The van der Waals surface area contributed by atoms with Crippen molar-refractivity contribution in [1.29, 1.82) is 0 Å². The van der Waals surface area contributed by atoms with Crippen molar-refractivity contribution in [2.24, 2.45) is 0 Å². The van der Waals surface area contributed by atoms with E-state index >= 15 is 0 Å². The number of likely N-dealkylation sites (N-methyl/N-ethyl adjacent to an activating group) is 1. The zero-order valence-corrected chi connectivity index (χ0v) is 27.3. The maximum Gasteiger partial charge on any atom is 1.00 e. The average Bonchev–Trinajstić information content (AvgIpc) is 3.64. The maximum absolute atomic E-state index is 13.7. The van der Waals surface area contributed by atoms with Crippen molar-refractivity contribution in [1.82, 2.24) is 15.2 Å². The first-order valence-electron chi connectivity index (χ1n) is 12.3. The molecule has 0 aliphatic carbocycles. The van der Waals surface area contributed by atoms with E-state index in [4.69, 9.17) is 9.72 Å². The second-order valence-electron chi connectivity index (χ2n) is 9.13. The van der Waals surface area contributed by atoms with Gasteiger partial charge in [-0.3, -0.25) is 9.69 Å². The third-order valence-electron chi connectivity index (χ3n) is 6.24. The van der Waals surface area contributed by atoms with Crippen LogP contribution < -0.4 is 34.9 Å². The smallest absolute Gasteiger partial charge is 0.748 e. The molecule has 4 aromatic rings. The molecule has 2 atom stereocenters. The molecule has 0 radical (unpaired) electrons. The van der Waals surface area contributed by atoms with Gasteiger partial charge in [-0.15, -0.1) is 22.7 Å². The van der Waals surface area contributed by atoms with Gasteiger partial charge < -0.3 is 14.6 Å². The fourth-order valence-corrected chi connectivity index (χ4v) is 6.47. The number of thiophene rings is 1. The van der Waals surface area contributed by atoms with Gasteiger partial charge in [-0.2, -0.15) is 0 Å². The summed E-state index contributed by atoms with van der Waals surface area (Å²) in [5.41, 5.74) is 2.74. The van der Waals surface area contributed by atoms with Gasteiger partial charge in [0.25, 0.3) is 0 Å². The Labute approximate surface area is 269 Å². The summed E-state index contributed by atoms with van der Waals surface area (Å²) in [5.74, 6) is -0.966. The Bertz CT molecular complexity index is 1530. The van der Waals surface area contributed by atoms with E-state index < -0.39 is 34.0 Å². The van der Waals surface area contributed by atoms with Gasteiger partial charge in [-0.25, -0.2) is 18.2 Å². The molecule has 41 heavy (non-hydrogen) atoms. The van der Waals surface area contributed by atoms with Gasteiger partial charge in [0.05, 0.1) is 39.6 Å². The van der Waals surface area contributed by atoms with Crippen LogP contribution in [0.2, 0.25) is 0 Å². The Hall–Kier alpha value is -2.58. The number of carbonyl (C=O) groups excluding carboxylic acids is 2. The topological polar surface area (TPSA) is 129 Å². The van der Waals surface area contributed by atoms with Crippen LogP contribution in [-0.2, 0) is 38.2 Å². The minimum atomic E-state index is -4.40. The van der Waals surface area contributed by atoms with Crippen LogP contribution in [0.5, 0.6) is 0 Å². The minimum Gasteiger partial charge on any atom is -0.748 e. The number of thiazole rings is 1. The summed E-state index contributed by atoms with van der Waals surface area (Å²) in [6.07, 6.45) is -0.00450. The number of hydrogen-bond donors (Lipinski definition) is 1. The Morgan fingerprint density at radius 1 is 0.976 bits per heavy atom. The van der Waals surface area contributed by atoms with Gasteiger partial charge in [-0.1, -0.05) is 60.7 Å². The van der Waals surface area contributed by atoms with E-state index in [1.54, 1.807) is 35.6 Å². The van der Waals surface area contributed by atoms with Gasteiger partial charge in [0, 0.05) is 18.8 Å². The summed E-state index contributed by atoms with van der Waals surface area (Å²) in [5, 5.41) is 7.78. The predicted molar refractivity (Wildman–Crippen MR) is 154 cm³/mol. The molecule has 0 saturated carbocycles. The van der Waals surface area contributed by atoms with Crippen LogP contribution >= 0.6 is 22.7 Å². The van der Waals surface area contributed by atoms with Crippen LogP contribution in [0, 0.1) is 0 Å². The van der Waals surface area contributed by atoms with E-state index in [2.05, 4.69) is 5.32 Å². The number of nitrogens with zero attached hydrogens (tertiary/aromatic N) is 2. The van der Waals surface area contributed by atoms with Crippen molar-refractivity contribution in [2.45, 2.75) is 30.7 Å². The van der Waals surface area contributed by atoms with Crippen molar-refractivity contribution in [2.75, 3.05) is 14.2 Å². The van der Waals surface area contributed by atoms with Gasteiger partial charge in [-0.05, 0) is 34.6 Å². The van der Waals surface area contributed by atoms with E-state index in [0.717, 1.165) is 21.0 Å². The second-order valence-corrected chi connectivity index (χ2v) is 12.3. The first-order valence-corrected chi connectivity index (χ1v) is 15.6. The van der Waals surface area contributed by atoms with Crippen LogP contribution in [0.1, 0.15) is 28.4 Å². The Kier molecular flexibility index (Phi) is 12.1. The Morgan fingerprint density at radius 2 is 1.63 bits per heavy atom. The van der Waals surface area contributed by atoms with Crippen molar-refractivity contribution in [3.05, 3.63) is 99.9 Å². The zero-order chi connectivity index (χ0) is 28.7. The van der Waals surface area contributed by atoms with Crippen molar-refractivity contribution in [3.8, 4) is 9.88 Å². The summed E-state index contributed by atoms with van der Waals surface area (Å²) in [7, 11) is -1.61. The van der Waals surface area contributed by atoms with E-state index in [0.29, 0.717) is 17.7 Å². The van der Waals surface area contributed by atoms with E-state index in [1.165, 1.54) is 30.4 Å². The summed E-state index contributed by atoms with van der Waals surface area (Å²) in [6.45, 7) is 0. The fraction of sp³-hybridized carbons (Fsp3) is 0.250. The summed E-state index contributed by atoms with van der Waals surface area (Å²) in [6, 6.07) is 18.6. The number of aromatic nitrogens is 1. The first-order chi connectivity index (χ1) is 19.1. The maximum atomic E-state index is 13.7. The minimum absolute atomic E-state index is 0. The average molecular weight is 622 g/mol. The standard InChI is InChI=1S/C28H29N3O6S3.Na/c1-31(28(33)37-2)24(16-19-7-4-3-5-8-19)26(32)29-22(23-17-39-27(30-23)25-9-6-14-38-25)15-20-10-12-21(13-11-20)18-40(34,35)36;/h3-14,17,22,24H,15-16,18H2,1-2H3,(H,29,32)(H,34,35,36);/q;+1/p-1/t22-,24-;/m0./s1. The van der Waals surface area contributed by atoms with Gasteiger partial charge in [0.1, 0.15) is 11.0 Å². The fourth-order valence-electron chi connectivity index (χ4n) is 4.18. The molecule has 0 saturated heterocycles. The second kappa shape index (κ2) is 15.1. The van der Waals surface area contributed by atoms with E-state index in [-0.39, 0.29) is 41.9 Å². The van der Waals surface area contributed by atoms with E-state index in [1.807, 2.05) is 53.2 Å². The number of ether oxygens (including phenoxy) is 1. The number of rotatable bonds is 11. The first kappa shape index (κ1) is 32.9. The van der Waals surface area contributed by atoms with Gasteiger partial charge in [0.2, 0.25) is 5.91 Å². The molecule has 13 heteroatoms. The van der Waals surface area contributed by atoms with Crippen LogP contribution in [0.15, 0.2) is 77.5 Å². The van der Waals surface area contributed by atoms with E-state index in [9.17, 15) is 22.6 Å². The van der Waals surface area contributed by atoms with Crippen LogP contribution in [-0.4, -0.2) is 55.1 Å². The molecule has 9 nitrogen and oxygen atoms in total. The molecule has 2 amide bonds. The molecule has 0 aliphatic heterocycles. The molecule has 2 heterocycles. The number of benzene rings is 2. The summed E-state index contributed by atoms with van der Waals surface area (Å²) < 4.78 is 38.3. The van der Waals surface area contributed by atoms with Crippen LogP contribution in [0.4, 0.5) is 4.79 Å². The molecular weight excluding hydrogens is 594 g/mol. The molecule has 0 bridgehead atoms. The normalized spacial score (nSPS) is 12.6. The molecular formula is C28H28N3NaO6S3. The zero-order valence-electron chi connectivity index (χ0n) is 22.9. The molecule has 0 aliphatic rings. The molecule has 0 fully saturated rings.